The van der Waals surface area contributed by atoms with E-state index in [0.29, 0.717) is 5.39 Å². The number of H-pyrrole nitrogens is 1. The maximum atomic E-state index is 13.3. The standard InChI is InChI=1S/C10H9FN2O2/c1-15-10(14)7-5-3-2-4-6(11)8(5)13-9(7)12/h2-4,13H,12H2,1H3. The average molecular weight is 208 g/mol. The van der Waals surface area contributed by atoms with Gasteiger partial charge >= 0.3 is 5.97 Å². The molecule has 0 atom stereocenters. The maximum absolute atomic E-state index is 13.3. The van der Waals surface area contributed by atoms with Gasteiger partial charge in [-0.3, -0.25) is 0 Å². The monoisotopic (exact) mass is 208 g/mol. The van der Waals surface area contributed by atoms with E-state index in [1.807, 2.05) is 0 Å². The third kappa shape index (κ3) is 1.32. The Morgan fingerprint density at radius 2 is 2.27 bits per heavy atom. The van der Waals surface area contributed by atoms with E-state index < -0.39 is 11.8 Å². The van der Waals surface area contributed by atoms with Crippen LogP contribution in [0.5, 0.6) is 0 Å². The summed E-state index contributed by atoms with van der Waals surface area (Å²) in [5.74, 6) is -0.916. The van der Waals surface area contributed by atoms with Crippen molar-refractivity contribution in [2.75, 3.05) is 12.8 Å². The van der Waals surface area contributed by atoms with Crippen LogP contribution >= 0.6 is 0 Å². The molecule has 0 saturated carbocycles. The van der Waals surface area contributed by atoms with Gasteiger partial charge in [-0.2, -0.15) is 0 Å². The van der Waals surface area contributed by atoms with Crippen LogP contribution in [0.25, 0.3) is 10.9 Å². The van der Waals surface area contributed by atoms with Crippen molar-refractivity contribution in [3.05, 3.63) is 29.6 Å². The van der Waals surface area contributed by atoms with Crippen LogP contribution in [0.1, 0.15) is 10.4 Å². The number of para-hydroxylation sites is 1. The molecule has 0 saturated heterocycles. The third-order valence-electron chi connectivity index (χ3n) is 2.20. The first-order valence-corrected chi connectivity index (χ1v) is 4.29. The molecule has 78 valence electrons. The number of aromatic nitrogens is 1. The van der Waals surface area contributed by atoms with Gasteiger partial charge in [0, 0.05) is 5.39 Å². The number of carbonyl (C=O) groups excluding carboxylic acids is 1. The molecule has 5 heteroatoms. The summed E-state index contributed by atoms with van der Waals surface area (Å²) in [6.45, 7) is 0. The van der Waals surface area contributed by atoms with Crippen LogP contribution in [0, 0.1) is 5.82 Å². The Hall–Kier alpha value is -2.04. The number of ether oxygens (including phenoxy) is 1. The van der Waals surface area contributed by atoms with Gasteiger partial charge in [0.25, 0.3) is 0 Å². The van der Waals surface area contributed by atoms with Crippen molar-refractivity contribution in [1.29, 1.82) is 0 Å². The van der Waals surface area contributed by atoms with E-state index in [0.717, 1.165) is 0 Å². The Morgan fingerprint density at radius 3 is 2.93 bits per heavy atom. The first-order valence-electron chi connectivity index (χ1n) is 4.29. The van der Waals surface area contributed by atoms with E-state index in [1.54, 1.807) is 6.07 Å². The number of nitrogens with one attached hydrogen (secondary N) is 1. The van der Waals surface area contributed by atoms with Crippen molar-refractivity contribution in [1.82, 2.24) is 4.98 Å². The number of halogens is 1. The summed E-state index contributed by atoms with van der Waals surface area (Å²) in [5.41, 5.74) is 5.97. The van der Waals surface area contributed by atoms with E-state index >= 15 is 0 Å². The van der Waals surface area contributed by atoms with Crippen LogP contribution in [0.2, 0.25) is 0 Å². The molecule has 0 aliphatic rings. The van der Waals surface area contributed by atoms with Gasteiger partial charge in [0.1, 0.15) is 17.2 Å². The Balaban J connectivity index is 2.79. The number of esters is 1. The number of rotatable bonds is 1. The number of methoxy groups -OCH3 is 1. The first-order chi connectivity index (χ1) is 7.15. The van der Waals surface area contributed by atoms with Crippen molar-refractivity contribution < 1.29 is 13.9 Å². The van der Waals surface area contributed by atoms with Crippen LogP contribution in [0.3, 0.4) is 0 Å². The molecule has 4 nitrogen and oxygen atoms in total. The molecule has 1 aromatic heterocycles. The Morgan fingerprint density at radius 1 is 1.53 bits per heavy atom. The molecule has 0 unspecified atom stereocenters. The highest BCUT2D eigenvalue weighted by atomic mass is 19.1. The molecular formula is C10H9FN2O2. The second-order valence-electron chi connectivity index (χ2n) is 3.07. The van der Waals surface area contributed by atoms with E-state index in [4.69, 9.17) is 5.73 Å². The summed E-state index contributed by atoms with van der Waals surface area (Å²) in [5, 5.41) is 0.430. The number of fused-ring (bicyclic) bond motifs is 1. The van der Waals surface area contributed by atoms with Gasteiger partial charge in [-0.1, -0.05) is 12.1 Å². The molecule has 3 N–H and O–H groups in total. The lowest BCUT2D eigenvalue weighted by atomic mass is 10.1. The van der Waals surface area contributed by atoms with Crippen LogP contribution in [-0.2, 0) is 4.74 Å². The van der Waals surface area contributed by atoms with E-state index in [9.17, 15) is 9.18 Å². The predicted octanol–water partition coefficient (Wildman–Crippen LogP) is 1.68. The molecule has 15 heavy (non-hydrogen) atoms. The molecule has 0 spiro atoms. The predicted molar refractivity (Wildman–Crippen MR) is 54.0 cm³/mol. The Labute approximate surface area is 84.8 Å². The lowest BCUT2D eigenvalue weighted by molar-refractivity contribution is 0.0604. The molecule has 2 rings (SSSR count). The number of hydrogen-bond donors (Lipinski definition) is 2. The zero-order chi connectivity index (χ0) is 11.0. The fourth-order valence-corrected chi connectivity index (χ4v) is 1.52. The minimum atomic E-state index is -0.579. The van der Waals surface area contributed by atoms with Crippen LogP contribution in [0.4, 0.5) is 10.2 Å². The van der Waals surface area contributed by atoms with Crippen molar-refractivity contribution in [2.24, 2.45) is 0 Å². The van der Waals surface area contributed by atoms with Crippen molar-refractivity contribution in [3.8, 4) is 0 Å². The summed E-state index contributed by atoms with van der Waals surface area (Å²) >= 11 is 0. The fraction of sp³-hybridized carbons (Fsp3) is 0.100. The van der Waals surface area contributed by atoms with E-state index in [-0.39, 0.29) is 16.9 Å². The van der Waals surface area contributed by atoms with Crippen molar-refractivity contribution in [2.45, 2.75) is 0 Å². The number of benzene rings is 1. The largest absolute Gasteiger partial charge is 0.465 e. The minimum Gasteiger partial charge on any atom is -0.465 e. The molecule has 2 aromatic rings. The van der Waals surface area contributed by atoms with Crippen LogP contribution in [-0.4, -0.2) is 18.1 Å². The van der Waals surface area contributed by atoms with E-state index in [1.165, 1.54) is 19.2 Å². The lowest BCUT2D eigenvalue weighted by Crippen LogP contribution is -2.03. The van der Waals surface area contributed by atoms with Gasteiger partial charge < -0.3 is 15.5 Å². The van der Waals surface area contributed by atoms with Gasteiger partial charge in [-0.05, 0) is 6.07 Å². The molecule has 0 radical (unpaired) electrons. The number of carbonyl (C=O) groups is 1. The minimum absolute atomic E-state index is 0.113. The second kappa shape index (κ2) is 3.27. The van der Waals surface area contributed by atoms with E-state index in [2.05, 4.69) is 9.72 Å². The molecule has 1 heterocycles. The number of nitrogens with two attached hydrogens (primary N) is 1. The Bertz CT molecular complexity index is 533. The first kappa shape index (κ1) is 9.51. The van der Waals surface area contributed by atoms with Crippen LogP contribution < -0.4 is 5.73 Å². The third-order valence-corrected chi connectivity index (χ3v) is 2.20. The number of aromatic amines is 1. The normalized spacial score (nSPS) is 10.5. The average Bonchev–Trinajstić information content (AvgIpc) is 2.55. The maximum Gasteiger partial charge on any atom is 0.342 e. The van der Waals surface area contributed by atoms with Gasteiger partial charge in [0.05, 0.1) is 12.6 Å². The van der Waals surface area contributed by atoms with Gasteiger partial charge in [-0.15, -0.1) is 0 Å². The zero-order valence-electron chi connectivity index (χ0n) is 8.00. The molecule has 0 aliphatic carbocycles. The molecule has 0 bridgehead atoms. The zero-order valence-corrected chi connectivity index (χ0v) is 8.00. The topological polar surface area (TPSA) is 68.1 Å². The molecular weight excluding hydrogens is 199 g/mol. The summed E-state index contributed by atoms with van der Waals surface area (Å²) < 4.78 is 17.9. The van der Waals surface area contributed by atoms with Crippen LogP contribution in [0.15, 0.2) is 18.2 Å². The summed E-state index contributed by atoms with van der Waals surface area (Å²) in [4.78, 5) is 14.0. The fourth-order valence-electron chi connectivity index (χ4n) is 1.52. The van der Waals surface area contributed by atoms with Gasteiger partial charge in [-0.25, -0.2) is 9.18 Å². The summed E-state index contributed by atoms with van der Waals surface area (Å²) in [6.07, 6.45) is 0. The quantitative estimate of drug-likeness (QED) is 0.700. The molecule has 1 aromatic carbocycles. The smallest absolute Gasteiger partial charge is 0.342 e. The molecule has 0 aliphatic heterocycles. The molecule has 0 fully saturated rings. The summed E-state index contributed by atoms with van der Waals surface area (Å²) in [7, 11) is 1.25. The summed E-state index contributed by atoms with van der Waals surface area (Å²) in [6, 6.07) is 4.41. The highest BCUT2D eigenvalue weighted by Crippen LogP contribution is 2.26. The Kier molecular flexibility index (Phi) is 2.07. The van der Waals surface area contributed by atoms with Crippen molar-refractivity contribution in [3.63, 3.8) is 0 Å². The van der Waals surface area contributed by atoms with Crippen molar-refractivity contribution >= 4 is 22.7 Å². The highest BCUT2D eigenvalue weighted by Gasteiger charge is 2.18. The number of hydrogen-bond acceptors (Lipinski definition) is 3. The molecule has 0 amide bonds. The highest BCUT2D eigenvalue weighted by molar-refractivity contribution is 6.08. The SMILES string of the molecule is COC(=O)c1c(N)[nH]c2c(F)cccc12. The number of anilines is 1. The lowest BCUT2D eigenvalue weighted by Gasteiger charge is -1.97. The van der Waals surface area contributed by atoms with Gasteiger partial charge in [0.2, 0.25) is 0 Å². The second-order valence-corrected chi connectivity index (χ2v) is 3.07. The number of nitrogen functional groups attached to an aromatic ring is 1. The van der Waals surface area contributed by atoms with Gasteiger partial charge in [0.15, 0.2) is 0 Å².